The van der Waals surface area contributed by atoms with Gasteiger partial charge in [-0.05, 0) is 42.5 Å². The summed E-state index contributed by atoms with van der Waals surface area (Å²) in [6.07, 6.45) is 0.906. The molecule has 0 saturated heterocycles. The zero-order valence-electron chi connectivity index (χ0n) is 12.7. The van der Waals surface area contributed by atoms with E-state index in [1.54, 1.807) is 7.11 Å². The molecule has 0 atom stereocenters. The smallest absolute Gasteiger partial charge is 0.130 e. The van der Waals surface area contributed by atoms with Crippen molar-refractivity contribution in [1.82, 2.24) is 5.32 Å². The summed E-state index contributed by atoms with van der Waals surface area (Å²) in [7, 11) is 1.55. The number of methoxy groups -OCH3 is 1. The van der Waals surface area contributed by atoms with E-state index in [1.807, 2.05) is 12.1 Å². The Morgan fingerprint density at radius 2 is 2.00 bits per heavy atom. The fraction of sp³-hybridized carbons (Fsp3) is 0.625. The number of halogens is 1. The van der Waals surface area contributed by atoms with Gasteiger partial charge in [0.1, 0.15) is 11.6 Å². The zero-order chi connectivity index (χ0) is 14.5. The molecule has 0 aliphatic heterocycles. The van der Waals surface area contributed by atoms with Crippen LogP contribution in [0.5, 0.6) is 5.75 Å². The van der Waals surface area contributed by atoms with Crippen LogP contribution in [0.3, 0.4) is 0 Å². The summed E-state index contributed by atoms with van der Waals surface area (Å²) >= 11 is 0. The summed E-state index contributed by atoms with van der Waals surface area (Å²) in [5.74, 6) is 1.02. The van der Waals surface area contributed by atoms with Crippen molar-refractivity contribution in [2.24, 2.45) is 5.92 Å². The molecule has 0 saturated carbocycles. The van der Waals surface area contributed by atoms with Crippen molar-refractivity contribution in [3.63, 3.8) is 0 Å². The quantitative estimate of drug-likeness (QED) is 0.760. The summed E-state index contributed by atoms with van der Waals surface area (Å²) in [6.45, 7) is 10.4. The summed E-state index contributed by atoms with van der Waals surface area (Å²) in [5.41, 5.74) is 0.569. The van der Waals surface area contributed by atoms with Crippen LogP contribution in [0.2, 0.25) is 0 Å². The highest BCUT2D eigenvalue weighted by Crippen LogP contribution is 2.30. The lowest BCUT2D eigenvalue weighted by molar-refractivity contribution is 0.401. The SMILES string of the molecule is COc1ccc(C(C)(C)CCNCC(C)C)c(F)c1. The van der Waals surface area contributed by atoms with Crippen LogP contribution in [-0.4, -0.2) is 20.2 Å². The first-order chi connectivity index (χ1) is 8.86. The first-order valence-corrected chi connectivity index (χ1v) is 6.91. The van der Waals surface area contributed by atoms with Crippen molar-refractivity contribution in [1.29, 1.82) is 0 Å². The number of benzene rings is 1. The maximum Gasteiger partial charge on any atom is 0.130 e. The molecule has 0 radical (unpaired) electrons. The Bertz CT molecular complexity index is 402. The van der Waals surface area contributed by atoms with Crippen LogP contribution in [0.4, 0.5) is 4.39 Å². The minimum absolute atomic E-state index is 0.180. The van der Waals surface area contributed by atoms with E-state index in [0.717, 1.165) is 25.1 Å². The van der Waals surface area contributed by atoms with Gasteiger partial charge in [-0.15, -0.1) is 0 Å². The maximum atomic E-state index is 14.1. The minimum atomic E-state index is -0.187. The van der Waals surface area contributed by atoms with Gasteiger partial charge in [0.25, 0.3) is 0 Å². The van der Waals surface area contributed by atoms with Gasteiger partial charge >= 0.3 is 0 Å². The topological polar surface area (TPSA) is 21.3 Å². The molecule has 0 spiro atoms. The monoisotopic (exact) mass is 267 g/mol. The van der Waals surface area contributed by atoms with Gasteiger partial charge in [0.15, 0.2) is 0 Å². The molecule has 19 heavy (non-hydrogen) atoms. The van der Waals surface area contributed by atoms with Crippen LogP contribution in [0.25, 0.3) is 0 Å². The third kappa shape index (κ3) is 4.83. The number of hydrogen-bond donors (Lipinski definition) is 1. The molecule has 1 aromatic rings. The molecule has 1 rings (SSSR count). The van der Waals surface area contributed by atoms with Crippen molar-refractivity contribution >= 4 is 0 Å². The largest absolute Gasteiger partial charge is 0.497 e. The second-order valence-electron chi connectivity index (χ2n) is 6.08. The van der Waals surface area contributed by atoms with E-state index in [0.29, 0.717) is 11.7 Å². The molecule has 1 aromatic carbocycles. The summed E-state index contributed by atoms with van der Waals surface area (Å²) in [5, 5.41) is 3.41. The van der Waals surface area contributed by atoms with Crippen molar-refractivity contribution in [2.75, 3.05) is 20.2 Å². The lowest BCUT2D eigenvalue weighted by Crippen LogP contribution is -2.28. The van der Waals surface area contributed by atoms with Crippen LogP contribution in [0.1, 0.15) is 39.7 Å². The first-order valence-electron chi connectivity index (χ1n) is 6.91. The molecule has 0 aromatic heterocycles. The lowest BCUT2D eigenvalue weighted by Gasteiger charge is -2.26. The second kappa shape index (κ2) is 6.90. The standard InChI is InChI=1S/C16H26FNO/c1-12(2)11-18-9-8-16(3,4)14-7-6-13(19-5)10-15(14)17/h6-7,10,12,18H,8-9,11H2,1-5H3. The summed E-state index contributed by atoms with van der Waals surface area (Å²) in [6, 6.07) is 5.11. The van der Waals surface area contributed by atoms with Gasteiger partial charge in [-0.3, -0.25) is 0 Å². The Labute approximate surface area is 116 Å². The maximum absolute atomic E-state index is 14.1. The molecule has 0 fully saturated rings. The molecular weight excluding hydrogens is 241 g/mol. The van der Waals surface area contributed by atoms with E-state index in [2.05, 4.69) is 33.0 Å². The number of ether oxygens (including phenoxy) is 1. The highest BCUT2D eigenvalue weighted by Gasteiger charge is 2.23. The number of hydrogen-bond acceptors (Lipinski definition) is 2. The van der Waals surface area contributed by atoms with Crippen LogP contribution in [0, 0.1) is 11.7 Å². The highest BCUT2D eigenvalue weighted by atomic mass is 19.1. The third-order valence-electron chi connectivity index (χ3n) is 3.38. The molecule has 1 N–H and O–H groups in total. The van der Waals surface area contributed by atoms with Gasteiger partial charge < -0.3 is 10.1 Å². The molecule has 0 unspecified atom stereocenters. The summed E-state index contributed by atoms with van der Waals surface area (Å²) < 4.78 is 19.1. The van der Waals surface area contributed by atoms with Crippen LogP contribution in [0.15, 0.2) is 18.2 Å². The van der Waals surface area contributed by atoms with Crippen LogP contribution >= 0.6 is 0 Å². The number of nitrogens with one attached hydrogen (secondary N) is 1. The third-order valence-corrected chi connectivity index (χ3v) is 3.38. The van der Waals surface area contributed by atoms with Gasteiger partial charge in [-0.1, -0.05) is 33.8 Å². The van der Waals surface area contributed by atoms with E-state index >= 15 is 0 Å². The average molecular weight is 267 g/mol. The molecule has 0 bridgehead atoms. The zero-order valence-corrected chi connectivity index (χ0v) is 12.7. The molecule has 0 aliphatic rings. The minimum Gasteiger partial charge on any atom is -0.497 e. The Morgan fingerprint density at radius 3 is 2.53 bits per heavy atom. The molecule has 0 amide bonds. The van der Waals surface area contributed by atoms with Gasteiger partial charge in [0, 0.05) is 6.07 Å². The van der Waals surface area contributed by atoms with Crippen LogP contribution < -0.4 is 10.1 Å². The fourth-order valence-corrected chi connectivity index (χ4v) is 2.10. The van der Waals surface area contributed by atoms with E-state index in [-0.39, 0.29) is 11.2 Å². The molecule has 0 aliphatic carbocycles. The van der Waals surface area contributed by atoms with Gasteiger partial charge in [0.05, 0.1) is 7.11 Å². The van der Waals surface area contributed by atoms with E-state index in [4.69, 9.17) is 4.74 Å². The van der Waals surface area contributed by atoms with E-state index in [9.17, 15) is 4.39 Å². The van der Waals surface area contributed by atoms with Crippen molar-refractivity contribution in [2.45, 2.75) is 39.5 Å². The lowest BCUT2D eigenvalue weighted by atomic mass is 9.81. The highest BCUT2D eigenvalue weighted by molar-refractivity contribution is 5.33. The Kier molecular flexibility index (Phi) is 5.80. The van der Waals surface area contributed by atoms with Gasteiger partial charge in [-0.2, -0.15) is 0 Å². The molecule has 0 heterocycles. The Hall–Kier alpha value is -1.09. The Balaban J connectivity index is 2.66. The van der Waals surface area contributed by atoms with Gasteiger partial charge in [0.2, 0.25) is 0 Å². The van der Waals surface area contributed by atoms with E-state index in [1.165, 1.54) is 6.07 Å². The molecule has 3 heteroatoms. The fourth-order valence-electron chi connectivity index (χ4n) is 2.10. The average Bonchev–Trinajstić information content (AvgIpc) is 2.34. The Morgan fingerprint density at radius 1 is 1.32 bits per heavy atom. The van der Waals surface area contributed by atoms with Gasteiger partial charge in [-0.25, -0.2) is 4.39 Å². The molecule has 2 nitrogen and oxygen atoms in total. The predicted molar refractivity (Wildman–Crippen MR) is 78.3 cm³/mol. The predicted octanol–water partition coefficient (Wildman–Crippen LogP) is 3.75. The van der Waals surface area contributed by atoms with E-state index < -0.39 is 0 Å². The number of rotatable bonds is 7. The van der Waals surface area contributed by atoms with Crippen molar-refractivity contribution in [3.8, 4) is 5.75 Å². The molecular formula is C16H26FNO. The molecule has 108 valence electrons. The second-order valence-corrected chi connectivity index (χ2v) is 6.08. The first kappa shape index (κ1) is 16.0. The normalized spacial score (nSPS) is 11.9. The summed E-state index contributed by atoms with van der Waals surface area (Å²) in [4.78, 5) is 0. The van der Waals surface area contributed by atoms with Crippen LogP contribution in [-0.2, 0) is 5.41 Å². The van der Waals surface area contributed by atoms with Crippen molar-refractivity contribution < 1.29 is 9.13 Å². The van der Waals surface area contributed by atoms with Crippen molar-refractivity contribution in [3.05, 3.63) is 29.6 Å².